The van der Waals surface area contributed by atoms with Crippen LogP contribution in [0.25, 0.3) is 11.1 Å². The largest absolute Gasteiger partial charge is 0.302 e. The van der Waals surface area contributed by atoms with E-state index in [1.54, 1.807) is 0 Å². The second-order valence-corrected chi connectivity index (χ2v) is 9.54. The summed E-state index contributed by atoms with van der Waals surface area (Å²) >= 11 is 0. The van der Waals surface area contributed by atoms with Gasteiger partial charge in [0.15, 0.2) is 0 Å². The second kappa shape index (κ2) is 7.09. The van der Waals surface area contributed by atoms with Crippen LogP contribution in [-0.2, 0) is 19.8 Å². The molecule has 0 spiro atoms. The predicted molar refractivity (Wildman–Crippen MR) is 133 cm³/mol. The maximum absolute atomic E-state index is 14.3. The zero-order valence-electron chi connectivity index (χ0n) is 18.8. The highest BCUT2D eigenvalue weighted by molar-refractivity contribution is 6.26. The van der Waals surface area contributed by atoms with Gasteiger partial charge in [0.2, 0.25) is 11.8 Å². The molecule has 4 aromatic rings. The lowest BCUT2D eigenvalue weighted by molar-refractivity contribution is -0.128. The molecular formula is C31H21NO3. The molecule has 1 saturated heterocycles. The highest BCUT2D eigenvalue weighted by Gasteiger charge is 2.68. The molecule has 4 aliphatic rings. The smallest absolute Gasteiger partial charge is 0.239 e. The third-order valence-corrected chi connectivity index (χ3v) is 8.10. The van der Waals surface area contributed by atoms with E-state index in [2.05, 4.69) is 0 Å². The van der Waals surface area contributed by atoms with Gasteiger partial charge in [-0.15, -0.1) is 0 Å². The van der Waals surface area contributed by atoms with Crippen molar-refractivity contribution < 1.29 is 14.4 Å². The van der Waals surface area contributed by atoms with Gasteiger partial charge >= 0.3 is 0 Å². The predicted octanol–water partition coefficient (Wildman–Crippen LogP) is 5.10. The molecule has 8 rings (SSSR count). The number of hydrogen-bond acceptors (Lipinski definition) is 3. The van der Waals surface area contributed by atoms with Gasteiger partial charge in [-0.1, -0.05) is 97.1 Å². The molecule has 0 aromatic heterocycles. The molecule has 4 nitrogen and oxygen atoms in total. The zero-order chi connectivity index (χ0) is 23.7. The molecule has 2 atom stereocenters. The fourth-order valence-electron chi connectivity index (χ4n) is 6.80. The molecule has 0 N–H and O–H groups in total. The number of aldehydes is 1. The van der Waals surface area contributed by atoms with E-state index < -0.39 is 17.3 Å². The summed E-state index contributed by atoms with van der Waals surface area (Å²) in [6, 6.07) is 32.9. The highest BCUT2D eigenvalue weighted by Crippen LogP contribution is 2.63. The van der Waals surface area contributed by atoms with Crippen LogP contribution < -0.4 is 4.90 Å². The minimum atomic E-state index is -1.18. The van der Waals surface area contributed by atoms with Crippen LogP contribution in [0.3, 0.4) is 0 Å². The number of nitrogens with zero attached hydrogens (tertiary/aromatic N) is 1. The van der Waals surface area contributed by atoms with E-state index >= 15 is 0 Å². The van der Waals surface area contributed by atoms with E-state index in [1.807, 2.05) is 103 Å². The Labute approximate surface area is 202 Å². The molecule has 1 fully saturated rings. The monoisotopic (exact) mass is 455 g/mol. The Morgan fingerprint density at radius 1 is 0.657 bits per heavy atom. The fraction of sp³-hybridized carbons (Fsp3) is 0.129. The van der Waals surface area contributed by atoms with Crippen LogP contribution in [0.2, 0.25) is 0 Å². The molecule has 1 aliphatic heterocycles. The molecule has 35 heavy (non-hydrogen) atoms. The maximum Gasteiger partial charge on any atom is 0.239 e. The average Bonchev–Trinajstić information content (AvgIpc) is 3.19. The van der Waals surface area contributed by atoms with Crippen LogP contribution >= 0.6 is 0 Å². The Balaban J connectivity index is 1.48. The number of anilines is 1. The standard InChI is InChI=1S/C31H21NO3/c33-18-31-23-15-7-4-13-21(23)26(22-14-5-8-16-24(22)31)27-28(31)30(35)32(29(27)34)25-17-9-6-12-20(25)19-10-2-1-3-11-19/h1-18,26-28H/t26?,27-,28+,31?/m0/s1. The van der Waals surface area contributed by atoms with Crippen molar-refractivity contribution in [2.45, 2.75) is 11.3 Å². The first-order chi connectivity index (χ1) is 17.2. The third kappa shape index (κ3) is 2.39. The number of amides is 2. The van der Waals surface area contributed by atoms with Crippen LogP contribution in [0.15, 0.2) is 103 Å². The summed E-state index contributed by atoms with van der Waals surface area (Å²) in [5.41, 5.74) is 4.76. The van der Waals surface area contributed by atoms with E-state index in [4.69, 9.17) is 0 Å². The van der Waals surface area contributed by atoms with E-state index in [1.165, 1.54) is 4.90 Å². The molecule has 0 unspecified atom stereocenters. The van der Waals surface area contributed by atoms with Crippen LogP contribution in [0.5, 0.6) is 0 Å². The van der Waals surface area contributed by atoms with Crippen LogP contribution in [0.1, 0.15) is 28.2 Å². The van der Waals surface area contributed by atoms with Crippen molar-refractivity contribution in [1.29, 1.82) is 0 Å². The second-order valence-electron chi connectivity index (χ2n) is 9.54. The summed E-state index contributed by atoms with van der Waals surface area (Å²) in [5.74, 6) is -2.19. The first kappa shape index (κ1) is 20.1. The van der Waals surface area contributed by atoms with Gasteiger partial charge in [-0.2, -0.15) is 0 Å². The SMILES string of the molecule is O=CC12c3ccccc3C(c3ccccc31)[C@@H]1C(=O)N(c3ccccc3-c3ccccc3)C(=O)[C@@H]12. The zero-order valence-corrected chi connectivity index (χ0v) is 18.8. The van der Waals surface area contributed by atoms with Gasteiger partial charge in [-0.05, 0) is 33.9 Å². The number of carbonyl (C=O) groups excluding carboxylic acids is 3. The first-order valence-corrected chi connectivity index (χ1v) is 11.9. The number of hydrogen-bond donors (Lipinski definition) is 0. The number of benzene rings is 4. The average molecular weight is 456 g/mol. The van der Waals surface area contributed by atoms with E-state index in [-0.39, 0.29) is 17.7 Å². The lowest BCUT2D eigenvalue weighted by atomic mass is 9.48. The van der Waals surface area contributed by atoms with Gasteiger partial charge in [-0.3, -0.25) is 9.59 Å². The Morgan fingerprint density at radius 3 is 1.89 bits per heavy atom. The van der Waals surface area contributed by atoms with Crippen molar-refractivity contribution in [3.63, 3.8) is 0 Å². The van der Waals surface area contributed by atoms with Gasteiger partial charge in [0.1, 0.15) is 6.29 Å². The molecule has 4 heteroatoms. The molecule has 1 heterocycles. The van der Waals surface area contributed by atoms with Crippen molar-refractivity contribution in [3.05, 3.63) is 125 Å². The van der Waals surface area contributed by atoms with Crippen molar-refractivity contribution in [2.24, 2.45) is 11.8 Å². The highest BCUT2D eigenvalue weighted by atomic mass is 16.2. The Hall–Kier alpha value is -4.31. The third-order valence-electron chi connectivity index (χ3n) is 8.10. The fourth-order valence-corrected chi connectivity index (χ4v) is 6.80. The summed E-state index contributed by atoms with van der Waals surface area (Å²) in [5, 5.41) is 0. The van der Waals surface area contributed by atoms with Crippen LogP contribution in [-0.4, -0.2) is 18.1 Å². The van der Waals surface area contributed by atoms with Gasteiger partial charge in [-0.25, -0.2) is 4.90 Å². The van der Waals surface area contributed by atoms with Gasteiger partial charge in [0.25, 0.3) is 0 Å². The molecule has 2 bridgehead atoms. The van der Waals surface area contributed by atoms with Gasteiger partial charge in [0, 0.05) is 11.5 Å². The minimum absolute atomic E-state index is 0.233. The first-order valence-electron chi connectivity index (χ1n) is 11.9. The Morgan fingerprint density at radius 2 is 1.23 bits per heavy atom. The quantitative estimate of drug-likeness (QED) is 0.319. The molecule has 0 saturated carbocycles. The summed E-state index contributed by atoms with van der Waals surface area (Å²) < 4.78 is 0. The van der Waals surface area contributed by atoms with Gasteiger partial charge in [0.05, 0.1) is 22.9 Å². The molecule has 168 valence electrons. The number of rotatable bonds is 3. The summed E-state index contributed by atoms with van der Waals surface area (Å²) in [4.78, 5) is 42.9. The topological polar surface area (TPSA) is 54.5 Å². The molecule has 4 aromatic carbocycles. The summed E-state index contributed by atoms with van der Waals surface area (Å²) in [6.45, 7) is 0. The number of imide groups is 1. The van der Waals surface area contributed by atoms with Gasteiger partial charge < -0.3 is 4.79 Å². The lowest BCUT2D eigenvalue weighted by Crippen LogP contribution is -2.54. The number of carbonyl (C=O) groups is 3. The molecule has 2 amide bonds. The van der Waals surface area contributed by atoms with Crippen molar-refractivity contribution >= 4 is 23.8 Å². The maximum atomic E-state index is 14.3. The molecular weight excluding hydrogens is 434 g/mol. The normalized spacial score (nSPS) is 25.7. The minimum Gasteiger partial charge on any atom is -0.302 e. The van der Waals surface area contributed by atoms with Crippen LogP contribution in [0, 0.1) is 11.8 Å². The summed E-state index contributed by atoms with van der Waals surface area (Å²) in [7, 11) is 0. The van der Waals surface area contributed by atoms with E-state index in [9.17, 15) is 14.4 Å². The molecule has 0 radical (unpaired) electrons. The molecule has 3 aliphatic carbocycles. The van der Waals surface area contributed by atoms with Crippen LogP contribution in [0.4, 0.5) is 5.69 Å². The van der Waals surface area contributed by atoms with E-state index in [0.717, 1.165) is 39.7 Å². The summed E-state index contributed by atoms with van der Waals surface area (Å²) in [6.07, 6.45) is 0.912. The lowest BCUT2D eigenvalue weighted by Gasteiger charge is -2.51. The van der Waals surface area contributed by atoms with Crippen molar-refractivity contribution in [3.8, 4) is 11.1 Å². The van der Waals surface area contributed by atoms with E-state index in [0.29, 0.717) is 5.69 Å². The Bertz CT molecular complexity index is 1490. The van der Waals surface area contributed by atoms with Crippen molar-refractivity contribution in [1.82, 2.24) is 0 Å². The van der Waals surface area contributed by atoms with Crippen molar-refractivity contribution in [2.75, 3.05) is 4.90 Å². The Kier molecular flexibility index (Phi) is 4.07. The number of para-hydroxylation sites is 1.